The molecule has 0 radical (unpaired) electrons. The third-order valence-electron chi connectivity index (χ3n) is 5.01. The third kappa shape index (κ3) is 2.62. The van der Waals surface area contributed by atoms with Gasteiger partial charge in [0.25, 0.3) is 0 Å². The number of fused-ring (bicyclic) bond motifs is 1. The van der Waals surface area contributed by atoms with E-state index in [1.807, 2.05) is 28.0 Å². The summed E-state index contributed by atoms with van der Waals surface area (Å²) in [6.45, 7) is 5.48. The van der Waals surface area contributed by atoms with Gasteiger partial charge in [-0.2, -0.15) is 0 Å². The molecule has 1 aromatic carbocycles. The Morgan fingerprint density at radius 2 is 2.14 bits per heavy atom. The maximum atomic E-state index is 12.9. The van der Waals surface area contributed by atoms with Crippen molar-refractivity contribution >= 4 is 17.5 Å². The van der Waals surface area contributed by atoms with Gasteiger partial charge in [0.2, 0.25) is 11.8 Å². The lowest BCUT2D eigenvalue weighted by Gasteiger charge is -2.31. The first-order valence-electron chi connectivity index (χ1n) is 8.30. The van der Waals surface area contributed by atoms with Crippen LogP contribution in [0.1, 0.15) is 38.7 Å². The fourth-order valence-electron chi connectivity index (χ4n) is 3.53. The van der Waals surface area contributed by atoms with Crippen molar-refractivity contribution in [2.24, 2.45) is 5.92 Å². The summed E-state index contributed by atoms with van der Waals surface area (Å²) < 4.78 is 0. The van der Waals surface area contributed by atoms with Gasteiger partial charge in [-0.05, 0) is 37.8 Å². The van der Waals surface area contributed by atoms with Gasteiger partial charge >= 0.3 is 0 Å². The molecule has 2 atom stereocenters. The second-order valence-corrected chi connectivity index (χ2v) is 6.43. The number of likely N-dealkylation sites (tertiary alicyclic amines) is 1. The second-order valence-electron chi connectivity index (χ2n) is 6.43. The zero-order valence-electron chi connectivity index (χ0n) is 13.4. The van der Waals surface area contributed by atoms with Gasteiger partial charge in [0.1, 0.15) is 0 Å². The fourth-order valence-corrected chi connectivity index (χ4v) is 3.53. The number of para-hydroxylation sites is 1. The van der Waals surface area contributed by atoms with E-state index in [-0.39, 0.29) is 23.8 Å². The highest BCUT2D eigenvalue weighted by Crippen LogP contribution is 2.30. The van der Waals surface area contributed by atoms with Crippen molar-refractivity contribution in [2.45, 2.75) is 45.6 Å². The summed E-state index contributed by atoms with van der Waals surface area (Å²) in [5.74, 6) is 0.0527. The Morgan fingerprint density at radius 3 is 2.91 bits per heavy atom. The highest BCUT2D eigenvalue weighted by Gasteiger charge is 2.39. The van der Waals surface area contributed by atoms with E-state index in [9.17, 15) is 9.59 Å². The van der Waals surface area contributed by atoms with Gasteiger partial charge in [0.15, 0.2) is 0 Å². The molecule has 2 aliphatic rings. The first kappa shape index (κ1) is 15.1. The summed E-state index contributed by atoms with van der Waals surface area (Å²) in [7, 11) is 0. The Balaban J connectivity index is 1.77. The maximum Gasteiger partial charge on any atom is 0.232 e. The van der Waals surface area contributed by atoms with Crippen molar-refractivity contribution in [2.75, 3.05) is 18.0 Å². The maximum absolute atomic E-state index is 12.9. The van der Waals surface area contributed by atoms with Crippen LogP contribution in [-0.4, -0.2) is 35.8 Å². The minimum atomic E-state index is -0.187. The number of benzene rings is 1. The van der Waals surface area contributed by atoms with Crippen LogP contribution in [0.3, 0.4) is 0 Å². The van der Waals surface area contributed by atoms with E-state index in [4.69, 9.17) is 0 Å². The Morgan fingerprint density at radius 1 is 1.36 bits per heavy atom. The lowest BCUT2D eigenvalue weighted by Crippen LogP contribution is -2.41. The SMILES string of the molecule is CCC(C)N1CC(C(=O)N2CCCc3ccccc32)CC1=O. The average Bonchev–Trinajstić information content (AvgIpc) is 2.94. The average molecular weight is 300 g/mol. The molecule has 2 amide bonds. The number of nitrogens with zero attached hydrogens (tertiary/aromatic N) is 2. The molecule has 4 heteroatoms. The van der Waals surface area contributed by atoms with Crippen LogP contribution in [-0.2, 0) is 16.0 Å². The number of carbonyl (C=O) groups excluding carboxylic acids is 2. The monoisotopic (exact) mass is 300 g/mol. The number of aryl methyl sites for hydroxylation is 1. The molecule has 1 aromatic rings. The third-order valence-corrected chi connectivity index (χ3v) is 5.01. The number of anilines is 1. The van der Waals surface area contributed by atoms with Crippen LogP contribution in [0.2, 0.25) is 0 Å². The smallest absolute Gasteiger partial charge is 0.232 e. The molecule has 3 rings (SSSR count). The molecule has 4 nitrogen and oxygen atoms in total. The minimum Gasteiger partial charge on any atom is -0.339 e. The normalized spacial score (nSPS) is 22.6. The van der Waals surface area contributed by atoms with E-state index in [1.54, 1.807) is 0 Å². The van der Waals surface area contributed by atoms with Crippen LogP contribution in [0.4, 0.5) is 5.69 Å². The number of hydrogen-bond acceptors (Lipinski definition) is 2. The van der Waals surface area contributed by atoms with Gasteiger partial charge in [-0.15, -0.1) is 0 Å². The van der Waals surface area contributed by atoms with Crippen molar-refractivity contribution in [1.29, 1.82) is 0 Å². The lowest BCUT2D eigenvalue weighted by molar-refractivity contribution is -0.129. The molecule has 2 aliphatic heterocycles. The van der Waals surface area contributed by atoms with Crippen molar-refractivity contribution < 1.29 is 9.59 Å². The van der Waals surface area contributed by atoms with E-state index in [2.05, 4.69) is 19.9 Å². The number of carbonyl (C=O) groups is 2. The zero-order valence-corrected chi connectivity index (χ0v) is 13.4. The molecule has 118 valence electrons. The zero-order chi connectivity index (χ0) is 15.7. The van der Waals surface area contributed by atoms with Crippen LogP contribution >= 0.6 is 0 Å². The minimum absolute atomic E-state index is 0.117. The van der Waals surface area contributed by atoms with Crippen molar-refractivity contribution in [3.63, 3.8) is 0 Å². The highest BCUT2D eigenvalue weighted by atomic mass is 16.2. The van der Waals surface area contributed by atoms with Gasteiger partial charge in [0.05, 0.1) is 5.92 Å². The quantitative estimate of drug-likeness (QED) is 0.861. The van der Waals surface area contributed by atoms with Gasteiger partial charge in [-0.3, -0.25) is 9.59 Å². The molecule has 1 saturated heterocycles. The molecule has 0 aromatic heterocycles. The molecule has 0 saturated carbocycles. The summed E-state index contributed by atoms with van der Waals surface area (Å²) in [6.07, 6.45) is 3.32. The summed E-state index contributed by atoms with van der Waals surface area (Å²) in [4.78, 5) is 28.9. The molecule has 22 heavy (non-hydrogen) atoms. The second kappa shape index (κ2) is 6.11. The van der Waals surface area contributed by atoms with Crippen LogP contribution in [0.5, 0.6) is 0 Å². The number of hydrogen-bond donors (Lipinski definition) is 0. The topological polar surface area (TPSA) is 40.6 Å². The predicted molar refractivity (Wildman–Crippen MR) is 86.7 cm³/mol. The largest absolute Gasteiger partial charge is 0.339 e. The lowest BCUT2D eigenvalue weighted by atomic mass is 9.99. The molecule has 1 fully saturated rings. The van der Waals surface area contributed by atoms with Crippen LogP contribution < -0.4 is 4.90 Å². The summed E-state index contributed by atoms with van der Waals surface area (Å²) in [6, 6.07) is 8.35. The van der Waals surface area contributed by atoms with Gasteiger partial charge in [-0.1, -0.05) is 25.1 Å². The van der Waals surface area contributed by atoms with Crippen LogP contribution in [0, 0.1) is 5.92 Å². The van der Waals surface area contributed by atoms with Crippen LogP contribution in [0.15, 0.2) is 24.3 Å². The van der Waals surface area contributed by atoms with Crippen molar-refractivity contribution in [3.8, 4) is 0 Å². The summed E-state index contributed by atoms with van der Waals surface area (Å²) >= 11 is 0. The number of rotatable bonds is 3. The van der Waals surface area contributed by atoms with Gasteiger partial charge in [-0.25, -0.2) is 0 Å². The molecule has 0 N–H and O–H groups in total. The first-order valence-corrected chi connectivity index (χ1v) is 8.30. The molecule has 0 spiro atoms. The van der Waals surface area contributed by atoms with Crippen molar-refractivity contribution in [3.05, 3.63) is 29.8 Å². The van der Waals surface area contributed by atoms with E-state index in [1.165, 1.54) is 5.56 Å². The summed E-state index contributed by atoms with van der Waals surface area (Å²) in [5.41, 5.74) is 2.28. The molecule has 2 unspecified atom stereocenters. The number of amides is 2. The van der Waals surface area contributed by atoms with Crippen molar-refractivity contribution in [1.82, 2.24) is 4.90 Å². The molecular weight excluding hydrogens is 276 g/mol. The van der Waals surface area contributed by atoms with E-state index < -0.39 is 0 Å². The summed E-state index contributed by atoms with van der Waals surface area (Å²) in [5, 5.41) is 0. The highest BCUT2D eigenvalue weighted by molar-refractivity contribution is 5.99. The standard InChI is InChI=1S/C18H24N2O2/c1-3-13(2)20-12-15(11-17(20)21)18(22)19-10-6-8-14-7-4-5-9-16(14)19/h4-5,7,9,13,15H,3,6,8,10-12H2,1-2H3. The Hall–Kier alpha value is -1.84. The first-order chi connectivity index (χ1) is 10.6. The van der Waals surface area contributed by atoms with Crippen LogP contribution in [0.25, 0.3) is 0 Å². The Labute approximate surface area is 132 Å². The molecular formula is C18H24N2O2. The molecule has 2 heterocycles. The molecule has 0 aliphatic carbocycles. The van der Waals surface area contributed by atoms with Gasteiger partial charge < -0.3 is 9.80 Å². The molecule has 0 bridgehead atoms. The fraction of sp³-hybridized carbons (Fsp3) is 0.556. The van der Waals surface area contributed by atoms with E-state index in [0.29, 0.717) is 13.0 Å². The van der Waals surface area contributed by atoms with E-state index >= 15 is 0 Å². The predicted octanol–water partition coefficient (Wildman–Crippen LogP) is 2.61. The Bertz CT molecular complexity index is 584. The Kier molecular flexibility index (Phi) is 4.19. The van der Waals surface area contributed by atoms with E-state index in [0.717, 1.165) is 31.5 Å². The van der Waals surface area contributed by atoms with Gasteiger partial charge in [0, 0.05) is 31.2 Å².